The first kappa shape index (κ1) is 6.80. The Morgan fingerprint density at radius 2 is 2.50 bits per heavy atom. The van der Waals surface area contributed by atoms with E-state index in [0.717, 1.165) is 0 Å². The van der Waals surface area contributed by atoms with Gasteiger partial charge < -0.3 is 9.73 Å². The summed E-state index contributed by atoms with van der Waals surface area (Å²) in [6.07, 6.45) is 1.40. The average molecular weight is 140 g/mol. The largest absolute Gasteiger partial charge is 0.447 e. The third-order valence-electron chi connectivity index (χ3n) is 0.923. The van der Waals surface area contributed by atoms with E-state index in [9.17, 15) is 4.79 Å². The van der Waals surface area contributed by atoms with Crippen molar-refractivity contribution in [2.45, 2.75) is 13.8 Å². The van der Waals surface area contributed by atoms with Crippen LogP contribution in [0.25, 0.3) is 0 Å². The quantitative estimate of drug-likeness (QED) is 0.631. The van der Waals surface area contributed by atoms with Crippen LogP contribution in [0.15, 0.2) is 10.7 Å². The van der Waals surface area contributed by atoms with Crippen molar-refractivity contribution in [1.29, 1.82) is 0 Å². The summed E-state index contributed by atoms with van der Waals surface area (Å²) >= 11 is 0. The molecule has 0 saturated heterocycles. The first-order valence-corrected chi connectivity index (χ1v) is 2.88. The lowest BCUT2D eigenvalue weighted by atomic mass is 10.6. The summed E-state index contributed by atoms with van der Waals surface area (Å²) < 4.78 is 4.84. The highest BCUT2D eigenvalue weighted by molar-refractivity contribution is 5.87. The highest BCUT2D eigenvalue weighted by Gasteiger charge is 1.98. The number of oxazole rings is 1. The van der Waals surface area contributed by atoms with Crippen molar-refractivity contribution in [3.8, 4) is 0 Å². The van der Waals surface area contributed by atoms with E-state index in [1.54, 1.807) is 6.92 Å². The molecule has 1 aromatic rings. The van der Waals surface area contributed by atoms with Crippen molar-refractivity contribution in [2.75, 3.05) is 5.32 Å². The minimum absolute atomic E-state index is 0.145. The number of nitrogens with zero attached hydrogens (tertiary/aromatic N) is 1. The van der Waals surface area contributed by atoms with Crippen LogP contribution in [0.2, 0.25) is 0 Å². The molecule has 0 aliphatic rings. The summed E-state index contributed by atoms with van der Waals surface area (Å²) in [5, 5.41) is 2.48. The van der Waals surface area contributed by atoms with Crippen LogP contribution in [0.1, 0.15) is 12.8 Å². The molecule has 0 atom stereocenters. The fourth-order valence-electron chi connectivity index (χ4n) is 0.601. The Morgan fingerprint density at radius 3 is 2.90 bits per heavy atom. The number of hydrogen-bond donors (Lipinski definition) is 1. The van der Waals surface area contributed by atoms with E-state index in [-0.39, 0.29) is 5.91 Å². The molecule has 54 valence electrons. The Hall–Kier alpha value is -1.32. The van der Waals surface area contributed by atoms with Gasteiger partial charge in [-0.2, -0.15) is 4.98 Å². The van der Waals surface area contributed by atoms with Crippen LogP contribution in [0.5, 0.6) is 0 Å². The molecule has 10 heavy (non-hydrogen) atoms. The minimum Gasteiger partial charge on any atom is -0.447 e. The molecule has 1 amide bonds. The van der Waals surface area contributed by atoms with Crippen molar-refractivity contribution < 1.29 is 9.21 Å². The van der Waals surface area contributed by atoms with Gasteiger partial charge in [0.25, 0.3) is 0 Å². The van der Waals surface area contributed by atoms with Gasteiger partial charge in [-0.3, -0.25) is 4.79 Å². The zero-order valence-electron chi connectivity index (χ0n) is 5.84. The van der Waals surface area contributed by atoms with Gasteiger partial charge in [-0.25, -0.2) is 0 Å². The molecule has 0 unspecified atom stereocenters. The fourth-order valence-corrected chi connectivity index (χ4v) is 0.601. The summed E-state index contributed by atoms with van der Waals surface area (Å²) in [6, 6.07) is 0. The first-order valence-electron chi connectivity index (χ1n) is 2.88. The number of carbonyl (C=O) groups is 1. The monoisotopic (exact) mass is 140 g/mol. The predicted molar refractivity (Wildman–Crippen MR) is 35.5 cm³/mol. The zero-order chi connectivity index (χ0) is 7.56. The van der Waals surface area contributed by atoms with Crippen LogP contribution in [-0.2, 0) is 4.79 Å². The maximum atomic E-state index is 10.4. The third kappa shape index (κ3) is 1.58. The first-order chi connectivity index (χ1) is 4.68. The number of carbonyl (C=O) groups excluding carboxylic acids is 1. The van der Waals surface area contributed by atoms with E-state index in [2.05, 4.69) is 10.3 Å². The third-order valence-corrected chi connectivity index (χ3v) is 0.923. The summed E-state index contributed by atoms with van der Waals surface area (Å²) in [7, 11) is 0. The minimum atomic E-state index is -0.145. The smallest absolute Gasteiger partial charge is 0.222 e. The molecule has 0 aromatic carbocycles. The number of hydrogen-bond acceptors (Lipinski definition) is 3. The Labute approximate surface area is 58.3 Å². The molecule has 0 spiro atoms. The molecule has 4 nitrogen and oxygen atoms in total. The van der Waals surface area contributed by atoms with Crippen molar-refractivity contribution in [3.63, 3.8) is 0 Å². The van der Waals surface area contributed by atoms with Gasteiger partial charge in [0.05, 0.1) is 0 Å². The molecule has 1 heterocycles. The van der Waals surface area contributed by atoms with E-state index in [1.165, 1.54) is 13.2 Å². The number of aryl methyl sites for hydroxylation is 1. The summed E-state index contributed by atoms with van der Waals surface area (Å²) in [6.45, 7) is 3.13. The predicted octanol–water partition coefficient (Wildman–Crippen LogP) is 0.941. The second-order valence-electron chi connectivity index (χ2n) is 1.93. The molecule has 1 N–H and O–H groups in total. The molecule has 0 fully saturated rings. The number of amides is 1. The normalized spacial score (nSPS) is 9.40. The fraction of sp³-hybridized carbons (Fsp3) is 0.333. The number of rotatable bonds is 1. The molecule has 1 aromatic heterocycles. The molecule has 0 aliphatic carbocycles. The van der Waals surface area contributed by atoms with E-state index in [4.69, 9.17) is 4.42 Å². The lowest BCUT2D eigenvalue weighted by molar-refractivity contribution is -0.114. The van der Waals surface area contributed by atoms with Crippen LogP contribution in [0.4, 0.5) is 5.82 Å². The van der Waals surface area contributed by atoms with Gasteiger partial charge in [-0.15, -0.1) is 0 Å². The molecular formula is C6H8N2O2. The summed E-state index contributed by atoms with van der Waals surface area (Å²) in [5.41, 5.74) is 0. The lowest BCUT2D eigenvalue weighted by Crippen LogP contribution is -2.05. The Morgan fingerprint density at radius 1 is 1.80 bits per heavy atom. The van der Waals surface area contributed by atoms with Gasteiger partial charge in [0, 0.05) is 13.8 Å². The summed E-state index contributed by atoms with van der Waals surface area (Å²) in [5.74, 6) is 0.863. The topological polar surface area (TPSA) is 55.1 Å². The Bertz CT molecular complexity index is 242. The van der Waals surface area contributed by atoms with Crippen LogP contribution in [0.3, 0.4) is 0 Å². The number of nitrogens with one attached hydrogen (secondary N) is 1. The molecule has 0 radical (unpaired) electrons. The molecule has 0 aliphatic heterocycles. The maximum absolute atomic E-state index is 10.4. The van der Waals surface area contributed by atoms with Crippen molar-refractivity contribution in [2.24, 2.45) is 0 Å². The van der Waals surface area contributed by atoms with Gasteiger partial charge in [-0.1, -0.05) is 0 Å². The van der Waals surface area contributed by atoms with E-state index < -0.39 is 0 Å². The SMILES string of the molecule is CC(=O)Nc1coc(C)n1. The Kier molecular flexibility index (Phi) is 1.71. The van der Waals surface area contributed by atoms with Crippen molar-refractivity contribution >= 4 is 11.7 Å². The van der Waals surface area contributed by atoms with Gasteiger partial charge >= 0.3 is 0 Å². The highest BCUT2D eigenvalue weighted by atomic mass is 16.3. The standard InChI is InChI=1S/C6H8N2O2/c1-4(9)7-6-3-10-5(2)8-6/h3H,1-2H3,(H,7,9). The van der Waals surface area contributed by atoms with Crippen molar-refractivity contribution in [1.82, 2.24) is 4.98 Å². The van der Waals surface area contributed by atoms with Crippen LogP contribution in [0, 0.1) is 6.92 Å². The van der Waals surface area contributed by atoms with Crippen LogP contribution >= 0.6 is 0 Å². The molecule has 0 saturated carbocycles. The van der Waals surface area contributed by atoms with Gasteiger partial charge in [0.1, 0.15) is 6.26 Å². The second kappa shape index (κ2) is 2.51. The van der Waals surface area contributed by atoms with Gasteiger partial charge in [0.2, 0.25) is 5.91 Å². The van der Waals surface area contributed by atoms with Crippen LogP contribution < -0.4 is 5.32 Å². The highest BCUT2D eigenvalue weighted by Crippen LogP contribution is 2.04. The van der Waals surface area contributed by atoms with Gasteiger partial charge in [0.15, 0.2) is 11.7 Å². The molecule has 0 bridgehead atoms. The Balaban J connectivity index is 2.67. The zero-order valence-corrected chi connectivity index (χ0v) is 5.84. The maximum Gasteiger partial charge on any atom is 0.222 e. The van der Waals surface area contributed by atoms with Crippen LogP contribution in [-0.4, -0.2) is 10.9 Å². The van der Waals surface area contributed by atoms with E-state index >= 15 is 0 Å². The number of anilines is 1. The molecule has 1 rings (SSSR count). The molecule has 4 heteroatoms. The van der Waals surface area contributed by atoms with Gasteiger partial charge in [-0.05, 0) is 0 Å². The van der Waals surface area contributed by atoms with E-state index in [0.29, 0.717) is 11.7 Å². The molecular weight excluding hydrogens is 132 g/mol. The summed E-state index contributed by atoms with van der Waals surface area (Å²) in [4.78, 5) is 14.3. The number of aromatic nitrogens is 1. The average Bonchev–Trinajstić information content (AvgIpc) is 2.13. The van der Waals surface area contributed by atoms with E-state index in [1.807, 2.05) is 0 Å². The second-order valence-corrected chi connectivity index (χ2v) is 1.93. The van der Waals surface area contributed by atoms with Crippen molar-refractivity contribution in [3.05, 3.63) is 12.2 Å². The lowest BCUT2D eigenvalue weighted by Gasteiger charge is -1.90.